The first-order valence-corrected chi connectivity index (χ1v) is 9.92. The van der Waals surface area contributed by atoms with E-state index in [1.54, 1.807) is 19.1 Å². The van der Waals surface area contributed by atoms with Crippen molar-refractivity contribution in [3.8, 4) is 11.5 Å². The van der Waals surface area contributed by atoms with Crippen molar-refractivity contribution in [3.05, 3.63) is 65.3 Å². The number of rotatable bonds is 7. The lowest BCUT2D eigenvalue weighted by atomic mass is 10.1. The summed E-state index contributed by atoms with van der Waals surface area (Å²) in [5.74, 6) is -7.05. The van der Waals surface area contributed by atoms with Gasteiger partial charge in [-0.15, -0.1) is 0 Å². The van der Waals surface area contributed by atoms with E-state index in [1.165, 1.54) is 12.3 Å². The Bertz CT molecular complexity index is 1430. The van der Waals surface area contributed by atoms with Crippen LogP contribution in [0.15, 0.2) is 45.5 Å². The van der Waals surface area contributed by atoms with Gasteiger partial charge in [-0.25, -0.2) is 22.9 Å². The summed E-state index contributed by atoms with van der Waals surface area (Å²) >= 11 is 0. The van der Waals surface area contributed by atoms with E-state index in [2.05, 4.69) is 15.5 Å². The second-order valence-corrected chi connectivity index (χ2v) is 7.10. The molecule has 10 nitrogen and oxygen atoms in total. The van der Waals surface area contributed by atoms with E-state index in [1.807, 2.05) is 5.32 Å². The number of nitrogens with zero attached hydrogens (tertiary/aromatic N) is 2. The van der Waals surface area contributed by atoms with Gasteiger partial charge in [0, 0.05) is 0 Å². The third-order valence-electron chi connectivity index (χ3n) is 4.70. The molecule has 0 aliphatic rings. The number of nitrogens with one attached hydrogen (secondary N) is 2. The summed E-state index contributed by atoms with van der Waals surface area (Å²) < 4.78 is 55.3. The fourth-order valence-corrected chi connectivity index (χ4v) is 3.06. The number of aromatic nitrogens is 2. The zero-order chi connectivity index (χ0) is 25.1. The number of anilines is 1. The van der Waals surface area contributed by atoms with Crippen LogP contribution in [-0.4, -0.2) is 41.1 Å². The van der Waals surface area contributed by atoms with E-state index in [9.17, 15) is 27.6 Å². The molecule has 0 spiro atoms. The summed E-state index contributed by atoms with van der Waals surface area (Å²) in [5.41, 5.74) is 0.133. The van der Waals surface area contributed by atoms with Crippen molar-refractivity contribution in [1.29, 1.82) is 0 Å². The number of benzene rings is 1. The van der Waals surface area contributed by atoms with Crippen LogP contribution in [0.4, 0.5) is 18.9 Å². The van der Waals surface area contributed by atoms with Crippen molar-refractivity contribution in [1.82, 2.24) is 15.5 Å². The van der Waals surface area contributed by atoms with Crippen molar-refractivity contribution < 1.29 is 41.2 Å². The number of ether oxygens (including phenoxy) is 1. The maximum absolute atomic E-state index is 13.6. The maximum Gasteiger partial charge on any atom is 0.339 e. The average Bonchev–Trinajstić information content (AvgIpc) is 3.51. The second-order valence-electron chi connectivity index (χ2n) is 7.10. The lowest BCUT2D eigenvalue weighted by molar-refractivity contribution is -0.126. The zero-order valence-corrected chi connectivity index (χ0v) is 17.9. The largest absolute Gasteiger partial charge is 0.463 e. The molecule has 0 unspecified atom stereocenters. The Morgan fingerprint density at radius 1 is 1.09 bits per heavy atom. The molecule has 4 rings (SSSR count). The summed E-state index contributed by atoms with van der Waals surface area (Å²) in [5, 5.41) is 8.22. The van der Waals surface area contributed by atoms with Crippen LogP contribution in [0.1, 0.15) is 16.1 Å². The Hall–Kier alpha value is -4.68. The molecule has 35 heavy (non-hydrogen) atoms. The van der Waals surface area contributed by atoms with Gasteiger partial charge in [0.05, 0.1) is 35.1 Å². The molecule has 180 valence electrons. The molecule has 0 aliphatic carbocycles. The van der Waals surface area contributed by atoms with Gasteiger partial charge in [-0.3, -0.25) is 9.59 Å². The van der Waals surface area contributed by atoms with Gasteiger partial charge < -0.3 is 24.3 Å². The number of esters is 1. The first kappa shape index (κ1) is 23.5. The fraction of sp³-hybridized carbons (Fsp3) is 0.136. The van der Waals surface area contributed by atoms with Gasteiger partial charge in [0.25, 0.3) is 11.6 Å². The molecule has 0 atom stereocenters. The van der Waals surface area contributed by atoms with Crippen LogP contribution in [0.25, 0.3) is 22.6 Å². The van der Waals surface area contributed by atoms with Crippen LogP contribution in [0.3, 0.4) is 0 Å². The highest BCUT2D eigenvalue weighted by Gasteiger charge is 2.22. The van der Waals surface area contributed by atoms with Crippen molar-refractivity contribution in [2.24, 2.45) is 0 Å². The number of carbonyl (C=O) groups excluding carboxylic acids is 3. The van der Waals surface area contributed by atoms with Gasteiger partial charge in [-0.2, -0.15) is 0 Å². The molecule has 3 aromatic heterocycles. The Morgan fingerprint density at radius 2 is 1.89 bits per heavy atom. The number of aryl methyl sites for hydroxylation is 1. The van der Waals surface area contributed by atoms with Crippen molar-refractivity contribution in [3.63, 3.8) is 0 Å². The van der Waals surface area contributed by atoms with Crippen LogP contribution in [-0.2, 0) is 14.3 Å². The quantitative estimate of drug-likeness (QED) is 0.299. The normalized spacial score (nSPS) is 10.9. The number of fused-ring (bicyclic) bond motifs is 1. The van der Waals surface area contributed by atoms with E-state index in [4.69, 9.17) is 13.7 Å². The predicted octanol–water partition coefficient (Wildman–Crippen LogP) is 3.12. The molecular weight excluding hydrogens is 473 g/mol. The molecule has 0 fully saturated rings. The van der Waals surface area contributed by atoms with Crippen LogP contribution in [0.5, 0.6) is 0 Å². The Balaban J connectivity index is 1.37. The molecule has 1 aromatic carbocycles. The van der Waals surface area contributed by atoms with Crippen molar-refractivity contribution in [2.45, 2.75) is 6.92 Å². The molecule has 2 N–H and O–H groups in total. The lowest BCUT2D eigenvalue weighted by Crippen LogP contribution is -2.35. The highest BCUT2D eigenvalue weighted by Crippen LogP contribution is 2.27. The van der Waals surface area contributed by atoms with Crippen molar-refractivity contribution >= 4 is 34.6 Å². The fourth-order valence-electron chi connectivity index (χ4n) is 3.06. The minimum absolute atomic E-state index is 0.0273. The van der Waals surface area contributed by atoms with E-state index in [0.29, 0.717) is 22.9 Å². The zero-order valence-electron chi connectivity index (χ0n) is 17.9. The average molecular weight is 488 g/mol. The molecule has 13 heteroatoms. The third-order valence-corrected chi connectivity index (χ3v) is 4.70. The molecule has 0 radical (unpaired) electrons. The second kappa shape index (κ2) is 9.67. The number of hydrogen-bond donors (Lipinski definition) is 2. The predicted molar refractivity (Wildman–Crippen MR) is 112 cm³/mol. The monoisotopic (exact) mass is 488 g/mol. The Morgan fingerprint density at radius 3 is 2.63 bits per heavy atom. The Kier molecular flexibility index (Phi) is 6.48. The molecule has 3 heterocycles. The van der Waals surface area contributed by atoms with Gasteiger partial charge in [0.1, 0.15) is 5.69 Å². The number of carbonyl (C=O) groups is 3. The lowest BCUT2D eigenvalue weighted by Gasteiger charge is -2.09. The number of halogens is 3. The van der Waals surface area contributed by atoms with E-state index < -0.39 is 54.1 Å². The molecule has 2 amide bonds. The number of amides is 2. The first-order valence-electron chi connectivity index (χ1n) is 9.92. The van der Waals surface area contributed by atoms with Crippen LogP contribution < -0.4 is 10.6 Å². The number of hydrogen-bond acceptors (Lipinski definition) is 8. The summed E-state index contributed by atoms with van der Waals surface area (Å²) in [7, 11) is 0. The van der Waals surface area contributed by atoms with Gasteiger partial charge in [-0.1, -0.05) is 5.16 Å². The smallest absolute Gasteiger partial charge is 0.339 e. The van der Waals surface area contributed by atoms with E-state index >= 15 is 0 Å². The van der Waals surface area contributed by atoms with Crippen LogP contribution in [0.2, 0.25) is 0 Å². The summed E-state index contributed by atoms with van der Waals surface area (Å²) in [6, 6.07) is 6.12. The SMILES string of the molecule is Cc1noc2nc(-c3ccco3)cc(C(=O)OCC(=O)NCC(=O)Nc3ccc(F)c(F)c3F)c12. The first-order chi connectivity index (χ1) is 16.7. The minimum atomic E-state index is -1.75. The minimum Gasteiger partial charge on any atom is -0.463 e. The summed E-state index contributed by atoms with van der Waals surface area (Å²) in [6.07, 6.45) is 1.42. The Labute approximate surface area is 194 Å². The van der Waals surface area contributed by atoms with Gasteiger partial charge >= 0.3 is 5.97 Å². The van der Waals surface area contributed by atoms with Crippen LogP contribution in [0, 0.1) is 24.4 Å². The van der Waals surface area contributed by atoms with Gasteiger partial charge in [0.2, 0.25) is 5.91 Å². The van der Waals surface area contributed by atoms with Gasteiger partial charge in [0.15, 0.2) is 29.8 Å². The highest BCUT2D eigenvalue weighted by molar-refractivity contribution is 6.04. The van der Waals surface area contributed by atoms with Crippen molar-refractivity contribution in [2.75, 3.05) is 18.5 Å². The maximum atomic E-state index is 13.6. The molecule has 0 saturated heterocycles. The van der Waals surface area contributed by atoms with Gasteiger partial charge in [-0.05, 0) is 37.3 Å². The summed E-state index contributed by atoms with van der Waals surface area (Å²) in [6.45, 7) is 0.190. The number of furan rings is 1. The molecule has 0 bridgehead atoms. The molecule has 0 aliphatic heterocycles. The van der Waals surface area contributed by atoms with E-state index in [-0.39, 0.29) is 17.0 Å². The summed E-state index contributed by atoms with van der Waals surface area (Å²) in [4.78, 5) is 40.9. The molecular formula is C22H15F3N4O6. The van der Waals surface area contributed by atoms with E-state index in [0.717, 1.165) is 6.07 Å². The standard InChI is InChI=1S/C22H15F3N4O6/c1-10-18-11(7-14(15-3-2-6-33-15)28-21(18)35-29-10)22(32)34-9-17(31)26-8-16(30)27-13-5-4-12(23)19(24)20(13)25/h2-7H,8-9H2,1H3,(H,26,31)(H,27,30). The number of pyridine rings is 1. The molecule has 4 aromatic rings. The third kappa shape index (κ3) is 4.98. The molecule has 0 saturated carbocycles. The highest BCUT2D eigenvalue weighted by atomic mass is 19.2. The topological polar surface area (TPSA) is 137 Å². The van der Waals surface area contributed by atoms with Crippen LogP contribution >= 0.6 is 0 Å².